The Hall–Kier alpha value is -2.90. The monoisotopic (exact) mass is 488 g/mol. The van der Waals surface area contributed by atoms with E-state index in [1.807, 2.05) is 0 Å². The van der Waals surface area contributed by atoms with Crippen molar-refractivity contribution in [3.8, 4) is 17.3 Å². The Morgan fingerprint density at radius 1 is 1.15 bits per heavy atom. The Morgan fingerprint density at radius 2 is 1.85 bits per heavy atom. The molecule has 3 aromatic rings. The second kappa shape index (κ2) is 8.10. The number of rotatable bonds is 6. The fourth-order valence-electron chi connectivity index (χ4n) is 4.96. The fraction of sp³-hybridized carbons (Fsp3) is 0.417. The normalized spacial score (nSPS) is 21.7. The number of sulfonamides is 1. The molecule has 5 rings (SSSR count). The first-order valence-corrected chi connectivity index (χ1v) is 12.7. The zero-order chi connectivity index (χ0) is 24.3. The predicted molar refractivity (Wildman–Crippen MR) is 120 cm³/mol. The van der Waals surface area contributed by atoms with Gasteiger partial charge in [0.05, 0.1) is 27.9 Å². The molecule has 34 heavy (non-hydrogen) atoms. The minimum atomic E-state index is -4.69. The minimum Gasteiger partial charge on any atom is -0.335 e. The molecule has 10 heteroatoms. The van der Waals surface area contributed by atoms with Crippen molar-refractivity contribution < 1.29 is 21.6 Å². The molecular weight excluding hydrogens is 465 g/mol. The van der Waals surface area contributed by atoms with Crippen molar-refractivity contribution in [1.82, 2.24) is 14.3 Å². The zero-order valence-electron chi connectivity index (χ0n) is 18.4. The number of nitriles is 1. The molecule has 3 atom stereocenters. The minimum absolute atomic E-state index is 0.231. The van der Waals surface area contributed by atoms with Crippen molar-refractivity contribution in [1.29, 1.82) is 5.26 Å². The molecule has 0 aliphatic heterocycles. The summed E-state index contributed by atoms with van der Waals surface area (Å²) in [5, 5.41) is 10.8. The van der Waals surface area contributed by atoms with Crippen molar-refractivity contribution in [2.24, 2.45) is 11.8 Å². The first-order valence-electron chi connectivity index (χ1n) is 11.2. The number of hydrogen-bond acceptors (Lipinski definition) is 4. The van der Waals surface area contributed by atoms with Gasteiger partial charge in [-0.25, -0.2) is 8.42 Å². The lowest BCUT2D eigenvalue weighted by Crippen LogP contribution is -2.42. The van der Waals surface area contributed by atoms with E-state index in [1.54, 1.807) is 35.3 Å². The van der Waals surface area contributed by atoms with Gasteiger partial charge in [-0.05, 0) is 68.2 Å². The van der Waals surface area contributed by atoms with E-state index in [9.17, 15) is 26.9 Å². The van der Waals surface area contributed by atoms with Crippen molar-refractivity contribution in [3.63, 3.8) is 0 Å². The molecule has 2 aromatic heterocycles. The van der Waals surface area contributed by atoms with Gasteiger partial charge in [-0.3, -0.25) is 4.98 Å². The summed E-state index contributed by atoms with van der Waals surface area (Å²) in [5.74, 6) is 1.23. The van der Waals surface area contributed by atoms with E-state index in [-0.39, 0.29) is 10.9 Å². The Morgan fingerprint density at radius 3 is 2.41 bits per heavy atom. The predicted octanol–water partition coefficient (Wildman–Crippen LogP) is 5.17. The molecule has 0 spiro atoms. The van der Waals surface area contributed by atoms with Crippen LogP contribution in [0.5, 0.6) is 0 Å². The lowest BCUT2D eigenvalue weighted by Gasteiger charge is -2.39. The molecule has 0 radical (unpaired) electrons. The van der Waals surface area contributed by atoms with E-state index in [0.29, 0.717) is 28.7 Å². The summed E-state index contributed by atoms with van der Waals surface area (Å²) < 4.78 is 67.4. The van der Waals surface area contributed by atoms with Crippen molar-refractivity contribution in [3.05, 3.63) is 48.3 Å². The van der Waals surface area contributed by atoms with Gasteiger partial charge in [-0.15, -0.1) is 0 Å². The third-order valence-corrected chi connectivity index (χ3v) is 8.59. The van der Waals surface area contributed by atoms with Gasteiger partial charge in [0.25, 0.3) is 0 Å². The van der Waals surface area contributed by atoms with Gasteiger partial charge in [0.1, 0.15) is 12.1 Å². The van der Waals surface area contributed by atoms with Crippen molar-refractivity contribution in [2.75, 3.05) is 0 Å². The van der Waals surface area contributed by atoms with E-state index in [1.165, 1.54) is 25.0 Å². The summed E-state index contributed by atoms with van der Waals surface area (Å²) >= 11 is 0. The average molecular weight is 489 g/mol. The summed E-state index contributed by atoms with van der Waals surface area (Å²) in [4.78, 5) is 4.00. The molecule has 1 aromatic carbocycles. The number of hydrogen-bond donors (Lipinski definition) is 1. The molecule has 0 saturated heterocycles. The van der Waals surface area contributed by atoms with Crippen LogP contribution in [0.15, 0.2) is 47.6 Å². The van der Waals surface area contributed by atoms with E-state index >= 15 is 0 Å². The molecular formula is C24H23F3N4O2S. The summed E-state index contributed by atoms with van der Waals surface area (Å²) in [6.07, 6.45) is 3.26. The quantitative estimate of drug-likeness (QED) is 0.519. The zero-order valence-corrected chi connectivity index (χ0v) is 19.2. The van der Waals surface area contributed by atoms with Gasteiger partial charge < -0.3 is 4.57 Å². The lowest BCUT2D eigenvalue weighted by atomic mass is 9.75. The number of alkyl halides is 3. The fourth-order valence-corrected chi connectivity index (χ4v) is 6.19. The third-order valence-electron chi connectivity index (χ3n) is 7.03. The number of pyridine rings is 1. The van der Waals surface area contributed by atoms with Gasteiger partial charge in [-0.1, -0.05) is 12.1 Å². The topological polar surface area (TPSA) is 87.8 Å². The van der Waals surface area contributed by atoms with Crippen LogP contribution in [-0.2, 0) is 10.0 Å². The Kier molecular flexibility index (Phi) is 5.45. The van der Waals surface area contributed by atoms with Gasteiger partial charge in [-0.2, -0.15) is 23.2 Å². The molecule has 0 bridgehead atoms. The summed E-state index contributed by atoms with van der Waals surface area (Å²) in [7, 11) is -4.37. The maximum Gasteiger partial charge on any atom is 0.404 e. The molecule has 0 amide bonds. The second-order valence-corrected chi connectivity index (χ2v) is 10.9. The molecule has 1 N–H and O–H groups in total. The number of nitrogens with one attached hydrogen (secondary N) is 1. The highest BCUT2D eigenvalue weighted by molar-refractivity contribution is 7.89. The second-order valence-electron chi connectivity index (χ2n) is 9.15. The first kappa shape index (κ1) is 22.9. The largest absolute Gasteiger partial charge is 0.404 e. The Balaban J connectivity index is 1.57. The van der Waals surface area contributed by atoms with Gasteiger partial charge >= 0.3 is 6.18 Å². The first-order chi connectivity index (χ1) is 16.1. The van der Waals surface area contributed by atoms with Crippen LogP contribution in [0.4, 0.5) is 13.2 Å². The Labute approximate surface area is 195 Å². The van der Waals surface area contributed by atoms with E-state index in [2.05, 4.69) is 15.6 Å². The third kappa shape index (κ3) is 3.87. The van der Waals surface area contributed by atoms with Crippen molar-refractivity contribution >= 4 is 20.9 Å². The van der Waals surface area contributed by atoms with Crippen LogP contribution in [-0.4, -0.2) is 30.2 Å². The molecule has 2 saturated carbocycles. The standard InChI is InChI=1S/C24H23F3N4O2S/c1-14(24(25,26)27)30-34(32,33)17-6-4-16(5-7-17)23-20(12-28)19-10-11-29-13-22(19)31(23)21-9-8-18(21)15-2-3-15/h4-7,10-11,13-15,18,21,30H,2-3,8-9H2,1H3/t14-,18?,21?/m0/s1. The van der Waals surface area contributed by atoms with Gasteiger partial charge in [0.15, 0.2) is 0 Å². The molecule has 2 aliphatic rings. The summed E-state index contributed by atoms with van der Waals surface area (Å²) in [6, 6.07) is 7.79. The number of halogens is 3. The van der Waals surface area contributed by atoms with Crippen LogP contribution in [0.25, 0.3) is 22.2 Å². The van der Waals surface area contributed by atoms with Gasteiger partial charge in [0, 0.05) is 17.6 Å². The van der Waals surface area contributed by atoms with Crippen LogP contribution >= 0.6 is 0 Å². The maximum absolute atomic E-state index is 12.9. The highest BCUT2D eigenvalue weighted by Crippen LogP contribution is 2.54. The van der Waals surface area contributed by atoms with Crippen LogP contribution in [0.1, 0.15) is 44.2 Å². The molecule has 2 fully saturated rings. The number of aromatic nitrogens is 2. The molecule has 2 heterocycles. The van der Waals surface area contributed by atoms with E-state index < -0.39 is 22.2 Å². The maximum atomic E-state index is 12.9. The van der Waals surface area contributed by atoms with Crippen molar-refractivity contribution in [2.45, 2.75) is 55.8 Å². The number of nitrogens with zero attached hydrogens (tertiary/aromatic N) is 3. The number of benzene rings is 1. The lowest BCUT2D eigenvalue weighted by molar-refractivity contribution is -0.147. The Bertz CT molecular complexity index is 1390. The highest BCUT2D eigenvalue weighted by Gasteiger charge is 2.44. The van der Waals surface area contributed by atoms with E-state index in [0.717, 1.165) is 30.7 Å². The average Bonchev–Trinajstić information content (AvgIpc) is 3.54. The molecule has 6 nitrogen and oxygen atoms in total. The highest BCUT2D eigenvalue weighted by atomic mass is 32.2. The molecule has 2 aliphatic carbocycles. The summed E-state index contributed by atoms with van der Waals surface area (Å²) in [6.45, 7) is 0.756. The van der Waals surface area contributed by atoms with Crippen LogP contribution in [0.3, 0.4) is 0 Å². The van der Waals surface area contributed by atoms with Crippen LogP contribution in [0, 0.1) is 23.2 Å². The summed E-state index contributed by atoms with van der Waals surface area (Å²) in [5.41, 5.74) is 2.68. The SMILES string of the molecule is C[C@H](NS(=O)(=O)c1ccc(-c2c(C#N)c3ccncc3n2C2CCC2C2CC2)cc1)C(F)(F)F. The van der Waals surface area contributed by atoms with Gasteiger partial charge in [0.2, 0.25) is 10.0 Å². The molecule has 178 valence electrons. The smallest absolute Gasteiger partial charge is 0.335 e. The number of fused-ring (bicyclic) bond motifs is 1. The van der Waals surface area contributed by atoms with E-state index in [4.69, 9.17) is 0 Å². The molecule has 2 unspecified atom stereocenters. The van der Waals surface area contributed by atoms with Crippen LogP contribution in [0.2, 0.25) is 0 Å². The van der Waals surface area contributed by atoms with Crippen LogP contribution < -0.4 is 4.72 Å².